The summed E-state index contributed by atoms with van der Waals surface area (Å²) >= 11 is 0. The molecule has 15 heavy (non-hydrogen) atoms. The minimum Gasteiger partial charge on any atom is -0.326 e. The quantitative estimate of drug-likeness (QED) is 0.643. The predicted octanol–water partition coefficient (Wildman–Crippen LogP) is 2.72. The van der Waals surface area contributed by atoms with Crippen molar-refractivity contribution in [1.29, 1.82) is 0 Å². The predicted molar refractivity (Wildman–Crippen MR) is 67.8 cm³/mol. The monoisotopic (exact) mass is 202 g/mol. The van der Waals surface area contributed by atoms with Crippen LogP contribution < -0.4 is 5.73 Å². The molecule has 80 valence electrons. The summed E-state index contributed by atoms with van der Waals surface area (Å²) in [7, 11) is 0. The van der Waals surface area contributed by atoms with E-state index in [1.165, 1.54) is 0 Å². The average Bonchev–Trinajstić information content (AvgIpc) is 2.28. The summed E-state index contributed by atoms with van der Waals surface area (Å²) in [5, 5.41) is 0. The minimum atomic E-state index is 0.415. The number of nitrogens with two attached hydrogens (primary N) is 1. The molecule has 0 unspecified atom stereocenters. The molecule has 0 fully saturated rings. The van der Waals surface area contributed by atoms with E-state index in [9.17, 15) is 0 Å². The Hall–Kier alpha value is -1.80. The second kappa shape index (κ2) is 7.59. The number of nitrogens with zero attached hydrogens (tertiary/aromatic N) is 1. The number of hydrogen-bond donors (Lipinski definition) is 1. The van der Waals surface area contributed by atoms with Gasteiger partial charge >= 0.3 is 0 Å². The van der Waals surface area contributed by atoms with Crippen LogP contribution in [0.4, 0.5) is 0 Å². The molecule has 0 aliphatic heterocycles. The summed E-state index contributed by atoms with van der Waals surface area (Å²) in [5.41, 5.74) is 7.44. The molecule has 2 N–H and O–H groups in total. The number of allylic oxidation sites excluding steroid dienone is 3. The summed E-state index contributed by atoms with van der Waals surface area (Å²) in [6, 6.07) is 0. The van der Waals surface area contributed by atoms with Crippen molar-refractivity contribution in [3.8, 4) is 0 Å². The van der Waals surface area contributed by atoms with E-state index in [0.29, 0.717) is 6.54 Å². The lowest BCUT2D eigenvalue weighted by molar-refractivity contribution is 0.646. The Labute approximate surface area is 92.1 Å². The molecule has 0 aromatic carbocycles. The molecule has 0 spiro atoms. The molecule has 0 atom stereocenters. The molecule has 0 saturated carbocycles. The highest BCUT2D eigenvalue weighted by molar-refractivity contribution is 5.35. The first-order valence-electron chi connectivity index (χ1n) is 4.63. The van der Waals surface area contributed by atoms with E-state index in [-0.39, 0.29) is 0 Å². The van der Waals surface area contributed by atoms with Gasteiger partial charge in [0.1, 0.15) is 0 Å². The lowest BCUT2D eigenvalue weighted by atomic mass is 10.1. The van der Waals surface area contributed by atoms with Crippen LogP contribution in [0.2, 0.25) is 0 Å². The molecule has 0 aromatic rings. The zero-order chi connectivity index (χ0) is 11.7. The van der Waals surface area contributed by atoms with Crippen molar-refractivity contribution >= 4 is 0 Å². The Morgan fingerprint density at radius 2 is 1.73 bits per heavy atom. The highest BCUT2D eigenvalue weighted by Crippen LogP contribution is 2.13. The van der Waals surface area contributed by atoms with Gasteiger partial charge in [-0.15, -0.1) is 0 Å². The third-order valence-corrected chi connectivity index (χ3v) is 1.86. The fraction of sp³-hybridized carbons (Fsp3) is 0.0769. The molecule has 0 saturated heterocycles. The van der Waals surface area contributed by atoms with Crippen LogP contribution in [0.5, 0.6) is 0 Å². The summed E-state index contributed by atoms with van der Waals surface area (Å²) in [5.74, 6) is 0. The van der Waals surface area contributed by atoms with E-state index >= 15 is 0 Å². The van der Waals surface area contributed by atoms with Crippen molar-refractivity contribution in [2.45, 2.75) is 0 Å². The van der Waals surface area contributed by atoms with Crippen molar-refractivity contribution in [3.63, 3.8) is 0 Å². The van der Waals surface area contributed by atoms with Gasteiger partial charge in [0.05, 0.1) is 0 Å². The van der Waals surface area contributed by atoms with Gasteiger partial charge in [0.25, 0.3) is 0 Å². The van der Waals surface area contributed by atoms with Crippen molar-refractivity contribution in [2.24, 2.45) is 5.73 Å². The van der Waals surface area contributed by atoms with E-state index in [1.54, 1.807) is 29.5 Å². The van der Waals surface area contributed by atoms with Crippen molar-refractivity contribution in [1.82, 2.24) is 4.90 Å². The Morgan fingerprint density at radius 3 is 2.07 bits per heavy atom. The molecular weight excluding hydrogens is 184 g/mol. The second-order valence-corrected chi connectivity index (χ2v) is 2.69. The van der Waals surface area contributed by atoms with Crippen molar-refractivity contribution in [3.05, 3.63) is 74.3 Å². The molecule has 0 aliphatic rings. The molecule has 0 radical (unpaired) electrons. The Balaban J connectivity index is 5.35. The van der Waals surface area contributed by atoms with Crippen molar-refractivity contribution in [2.75, 3.05) is 6.54 Å². The Morgan fingerprint density at radius 1 is 1.13 bits per heavy atom. The van der Waals surface area contributed by atoms with Gasteiger partial charge in [-0.2, -0.15) is 0 Å². The molecule has 2 nitrogen and oxygen atoms in total. The maximum Gasteiger partial charge on any atom is 0.0493 e. The molecule has 0 amide bonds. The molecule has 2 heteroatoms. The largest absolute Gasteiger partial charge is 0.326 e. The van der Waals surface area contributed by atoms with Gasteiger partial charge in [0.15, 0.2) is 0 Å². The summed E-state index contributed by atoms with van der Waals surface area (Å²) in [4.78, 5) is 1.78. The van der Waals surface area contributed by atoms with Crippen LogP contribution in [0.25, 0.3) is 0 Å². The van der Waals surface area contributed by atoms with Crippen LogP contribution in [0.1, 0.15) is 0 Å². The highest BCUT2D eigenvalue weighted by atomic mass is 15.1. The van der Waals surface area contributed by atoms with Gasteiger partial charge in [0.2, 0.25) is 0 Å². The van der Waals surface area contributed by atoms with Crippen LogP contribution in [-0.2, 0) is 0 Å². The van der Waals surface area contributed by atoms with Gasteiger partial charge in [-0.05, 0) is 11.6 Å². The maximum atomic E-state index is 5.62. The molecule has 0 rings (SSSR count). The minimum absolute atomic E-state index is 0.415. The van der Waals surface area contributed by atoms with E-state index < -0.39 is 0 Å². The second-order valence-electron chi connectivity index (χ2n) is 2.69. The summed E-state index contributed by atoms with van der Waals surface area (Å²) in [6.07, 6.45) is 10.5. The van der Waals surface area contributed by atoms with E-state index in [1.807, 2.05) is 12.2 Å². The SMILES string of the molecule is C=C/C=C\C(=C(/C=C)CN)N(C=C)C=C. The van der Waals surface area contributed by atoms with Gasteiger partial charge in [-0.25, -0.2) is 0 Å². The Bertz CT molecular complexity index is 300. The fourth-order valence-electron chi connectivity index (χ4n) is 1.08. The molecule has 0 aromatic heterocycles. The lowest BCUT2D eigenvalue weighted by Crippen LogP contribution is -2.13. The maximum absolute atomic E-state index is 5.62. The van der Waals surface area contributed by atoms with Crippen LogP contribution >= 0.6 is 0 Å². The lowest BCUT2D eigenvalue weighted by Gasteiger charge is -2.18. The molecular formula is C13H18N2. The van der Waals surface area contributed by atoms with E-state index in [2.05, 4.69) is 26.3 Å². The average molecular weight is 202 g/mol. The fourth-order valence-corrected chi connectivity index (χ4v) is 1.08. The third kappa shape index (κ3) is 3.83. The number of hydrogen-bond acceptors (Lipinski definition) is 2. The van der Waals surface area contributed by atoms with Crippen LogP contribution in [-0.4, -0.2) is 11.4 Å². The standard InChI is InChI=1S/C13H18N2/c1-5-9-10-13(12(6-2)11-14)15(7-3)8-4/h5-10H,1-4,11,14H2/b10-9-,13-12-. The Kier molecular flexibility index (Phi) is 6.68. The normalized spacial score (nSPS) is 11.8. The molecule has 0 aliphatic carbocycles. The molecule has 0 heterocycles. The van der Waals surface area contributed by atoms with E-state index in [0.717, 1.165) is 11.3 Å². The van der Waals surface area contributed by atoms with Gasteiger partial charge < -0.3 is 10.6 Å². The molecule has 0 bridgehead atoms. The van der Waals surface area contributed by atoms with Gasteiger partial charge in [0, 0.05) is 24.6 Å². The van der Waals surface area contributed by atoms with Crippen LogP contribution in [0, 0.1) is 0 Å². The zero-order valence-electron chi connectivity index (χ0n) is 9.02. The first-order valence-corrected chi connectivity index (χ1v) is 4.63. The smallest absolute Gasteiger partial charge is 0.0493 e. The zero-order valence-corrected chi connectivity index (χ0v) is 9.02. The van der Waals surface area contributed by atoms with Crippen LogP contribution in [0.15, 0.2) is 74.3 Å². The number of rotatable bonds is 7. The first kappa shape index (κ1) is 13.2. The van der Waals surface area contributed by atoms with Gasteiger partial charge in [-0.1, -0.05) is 44.5 Å². The van der Waals surface area contributed by atoms with Crippen LogP contribution in [0.3, 0.4) is 0 Å². The summed E-state index contributed by atoms with van der Waals surface area (Å²) < 4.78 is 0. The summed E-state index contributed by atoms with van der Waals surface area (Å²) in [6.45, 7) is 15.1. The van der Waals surface area contributed by atoms with E-state index in [4.69, 9.17) is 5.73 Å². The first-order chi connectivity index (χ1) is 7.24. The van der Waals surface area contributed by atoms with Gasteiger partial charge in [-0.3, -0.25) is 0 Å². The topological polar surface area (TPSA) is 29.3 Å². The third-order valence-electron chi connectivity index (χ3n) is 1.86. The highest BCUT2D eigenvalue weighted by Gasteiger charge is 2.03. The van der Waals surface area contributed by atoms with Crippen molar-refractivity contribution < 1.29 is 0 Å².